The number of hydrogen-bond donors (Lipinski definition) is 1. The zero-order valence-electron chi connectivity index (χ0n) is 10.7. The number of amides is 1. The number of aryl methyl sites for hydroxylation is 1. The molecule has 0 spiro atoms. The Balaban J connectivity index is 1.91. The maximum atomic E-state index is 11.9. The lowest BCUT2D eigenvalue weighted by Gasteiger charge is -2.35. The van der Waals surface area contributed by atoms with Crippen LogP contribution in [0.3, 0.4) is 0 Å². The first-order valence-corrected chi connectivity index (χ1v) is 7.48. The molecule has 6 heteroatoms. The van der Waals surface area contributed by atoms with E-state index in [4.69, 9.17) is 0 Å². The largest absolute Gasteiger partial charge is 0.350 e. The topological polar surface area (TPSA) is 59.8 Å². The minimum atomic E-state index is -0.131. The number of nitrogens with one attached hydrogen (secondary N) is 1. The van der Waals surface area contributed by atoms with E-state index in [-0.39, 0.29) is 11.3 Å². The van der Waals surface area contributed by atoms with Gasteiger partial charge in [0.2, 0.25) is 0 Å². The Morgan fingerprint density at radius 2 is 2.22 bits per heavy atom. The van der Waals surface area contributed by atoms with Crippen molar-refractivity contribution in [3.05, 3.63) is 11.9 Å². The molecule has 0 unspecified atom stereocenters. The molecular weight excluding hydrogens is 296 g/mol. The highest BCUT2D eigenvalue weighted by Gasteiger charge is 2.31. The number of halogens is 1. The monoisotopic (exact) mass is 314 g/mol. The Morgan fingerprint density at radius 3 is 2.78 bits per heavy atom. The second kappa shape index (κ2) is 5.82. The molecule has 1 aliphatic rings. The summed E-state index contributed by atoms with van der Waals surface area (Å²) in [5.74, 6) is -0.131. The van der Waals surface area contributed by atoms with E-state index in [1.807, 2.05) is 0 Å². The van der Waals surface area contributed by atoms with Gasteiger partial charge in [-0.25, -0.2) is 0 Å². The van der Waals surface area contributed by atoms with Gasteiger partial charge in [0.1, 0.15) is 0 Å². The second-order valence-electron chi connectivity index (χ2n) is 5.10. The summed E-state index contributed by atoms with van der Waals surface area (Å²) < 4.78 is 0. The van der Waals surface area contributed by atoms with Crippen molar-refractivity contribution in [3.8, 4) is 0 Å². The van der Waals surface area contributed by atoms with E-state index in [9.17, 15) is 4.79 Å². The first-order chi connectivity index (χ1) is 8.65. The third kappa shape index (κ3) is 3.10. The summed E-state index contributed by atoms with van der Waals surface area (Å²) in [6.07, 6.45) is 7.68. The van der Waals surface area contributed by atoms with Gasteiger partial charge in [0.15, 0.2) is 5.69 Å². The Labute approximate surface area is 115 Å². The summed E-state index contributed by atoms with van der Waals surface area (Å²) in [5.41, 5.74) is 0.605. The van der Waals surface area contributed by atoms with Crippen LogP contribution >= 0.6 is 15.9 Å². The minimum absolute atomic E-state index is 0.131. The fourth-order valence-corrected chi connectivity index (χ4v) is 3.23. The standard InChI is InChI=1S/C12H19BrN4O/c1-17-15-7-10(16-17)11(18)14-9-12(8-13)5-3-2-4-6-12/h7H,2-6,8-9H2,1H3,(H,14,18). The third-order valence-corrected chi connectivity index (χ3v) is 4.84. The maximum absolute atomic E-state index is 11.9. The molecule has 0 saturated heterocycles. The average Bonchev–Trinajstić information content (AvgIpc) is 2.84. The predicted molar refractivity (Wildman–Crippen MR) is 72.6 cm³/mol. The molecule has 1 fully saturated rings. The summed E-state index contributed by atoms with van der Waals surface area (Å²) in [4.78, 5) is 13.3. The van der Waals surface area contributed by atoms with E-state index in [2.05, 4.69) is 31.4 Å². The van der Waals surface area contributed by atoms with E-state index in [1.54, 1.807) is 7.05 Å². The summed E-state index contributed by atoms with van der Waals surface area (Å²) >= 11 is 3.60. The van der Waals surface area contributed by atoms with Crippen molar-refractivity contribution in [2.75, 3.05) is 11.9 Å². The summed E-state index contributed by atoms with van der Waals surface area (Å²) in [6.45, 7) is 0.716. The van der Waals surface area contributed by atoms with Crippen LogP contribution < -0.4 is 5.32 Å². The van der Waals surface area contributed by atoms with Gasteiger partial charge in [-0.3, -0.25) is 4.79 Å². The molecule has 1 heterocycles. The van der Waals surface area contributed by atoms with Crippen molar-refractivity contribution in [1.29, 1.82) is 0 Å². The summed E-state index contributed by atoms with van der Waals surface area (Å²) in [6, 6.07) is 0. The van der Waals surface area contributed by atoms with Gasteiger partial charge < -0.3 is 5.32 Å². The fraction of sp³-hybridized carbons (Fsp3) is 0.750. The lowest BCUT2D eigenvalue weighted by atomic mass is 9.75. The first-order valence-electron chi connectivity index (χ1n) is 6.36. The molecule has 1 aliphatic carbocycles. The van der Waals surface area contributed by atoms with E-state index in [1.165, 1.54) is 43.1 Å². The molecule has 1 N–H and O–H groups in total. The fourth-order valence-electron chi connectivity index (χ4n) is 2.47. The molecule has 0 aromatic carbocycles. The smallest absolute Gasteiger partial charge is 0.273 e. The molecular formula is C12H19BrN4O. The predicted octanol–water partition coefficient (Wildman–Crippen LogP) is 1.89. The van der Waals surface area contributed by atoms with Crippen LogP contribution in [-0.2, 0) is 7.05 Å². The molecule has 2 rings (SSSR count). The van der Waals surface area contributed by atoms with Gasteiger partial charge in [-0.1, -0.05) is 35.2 Å². The highest BCUT2D eigenvalue weighted by molar-refractivity contribution is 9.09. The van der Waals surface area contributed by atoms with Crippen LogP contribution in [0.25, 0.3) is 0 Å². The van der Waals surface area contributed by atoms with Crippen molar-refractivity contribution in [1.82, 2.24) is 20.3 Å². The number of hydrogen-bond acceptors (Lipinski definition) is 3. The Hall–Kier alpha value is -0.910. The normalized spacial score (nSPS) is 18.6. The van der Waals surface area contributed by atoms with Gasteiger partial charge in [-0.05, 0) is 18.3 Å². The van der Waals surface area contributed by atoms with Crippen LogP contribution in [0.5, 0.6) is 0 Å². The van der Waals surface area contributed by atoms with E-state index < -0.39 is 0 Å². The zero-order valence-corrected chi connectivity index (χ0v) is 12.2. The van der Waals surface area contributed by atoms with Crippen molar-refractivity contribution >= 4 is 21.8 Å². The van der Waals surface area contributed by atoms with Gasteiger partial charge in [0, 0.05) is 18.9 Å². The highest BCUT2D eigenvalue weighted by atomic mass is 79.9. The van der Waals surface area contributed by atoms with Crippen LogP contribution in [0.1, 0.15) is 42.6 Å². The highest BCUT2D eigenvalue weighted by Crippen LogP contribution is 2.37. The van der Waals surface area contributed by atoms with Crippen LogP contribution in [0.15, 0.2) is 6.20 Å². The van der Waals surface area contributed by atoms with Crippen molar-refractivity contribution in [2.45, 2.75) is 32.1 Å². The van der Waals surface area contributed by atoms with Crippen molar-refractivity contribution < 1.29 is 4.79 Å². The summed E-state index contributed by atoms with van der Waals surface area (Å²) in [7, 11) is 1.71. The quantitative estimate of drug-likeness (QED) is 0.863. The second-order valence-corrected chi connectivity index (χ2v) is 5.66. The van der Waals surface area contributed by atoms with Gasteiger partial charge >= 0.3 is 0 Å². The lowest BCUT2D eigenvalue weighted by molar-refractivity contribution is 0.0916. The van der Waals surface area contributed by atoms with Gasteiger partial charge in [-0.15, -0.1) is 5.10 Å². The van der Waals surface area contributed by atoms with E-state index in [0.717, 1.165) is 5.33 Å². The van der Waals surface area contributed by atoms with Gasteiger partial charge in [0.05, 0.1) is 6.20 Å². The van der Waals surface area contributed by atoms with Crippen molar-refractivity contribution in [2.24, 2.45) is 12.5 Å². The zero-order chi connectivity index (χ0) is 13.0. The number of alkyl halides is 1. The Morgan fingerprint density at radius 1 is 1.50 bits per heavy atom. The number of carbonyl (C=O) groups is 1. The molecule has 100 valence electrons. The van der Waals surface area contributed by atoms with Gasteiger partial charge in [0.25, 0.3) is 5.91 Å². The Bertz CT molecular complexity index is 412. The molecule has 0 aliphatic heterocycles. The number of rotatable bonds is 4. The summed E-state index contributed by atoms with van der Waals surface area (Å²) in [5, 5.41) is 11.8. The third-order valence-electron chi connectivity index (χ3n) is 3.65. The van der Waals surface area contributed by atoms with Crippen LogP contribution in [0.2, 0.25) is 0 Å². The van der Waals surface area contributed by atoms with Crippen LogP contribution in [-0.4, -0.2) is 32.8 Å². The molecule has 18 heavy (non-hydrogen) atoms. The van der Waals surface area contributed by atoms with Crippen LogP contribution in [0, 0.1) is 5.41 Å². The lowest BCUT2D eigenvalue weighted by Crippen LogP contribution is -2.40. The first kappa shape index (κ1) is 13.5. The molecule has 0 radical (unpaired) electrons. The molecule has 1 aromatic rings. The SMILES string of the molecule is Cn1ncc(C(=O)NCC2(CBr)CCCCC2)n1. The number of carbonyl (C=O) groups excluding carboxylic acids is 1. The number of aromatic nitrogens is 3. The molecule has 0 bridgehead atoms. The molecule has 0 atom stereocenters. The number of nitrogens with zero attached hydrogens (tertiary/aromatic N) is 3. The van der Waals surface area contributed by atoms with Crippen molar-refractivity contribution in [3.63, 3.8) is 0 Å². The molecule has 1 saturated carbocycles. The maximum Gasteiger partial charge on any atom is 0.273 e. The van der Waals surface area contributed by atoms with E-state index >= 15 is 0 Å². The van der Waals surface area contributed by atoms with E-state index in [0.29, 0.717) is 12.2 Å². The molecule has 1 aromatic heterocycles. The van der Waals surface area contributed by atoms with Gasteiger partial charge in [-0.2, -0.15) is 9.90 Å². The Kier molecular flexibility index (Phi) is 4.37. The minimum Gasteiger partial charge on any atom is -0.350 e. The average molecular weight is 315 g/mol. The molecule has 5 nitrogen and oxygen atoms in total. The van der Waals surface area contributed by atoms with Crippen LogP contribution in [0.4, 0.5) is 0 Å². The molecule has 1 amide bonds.